The summed E-state index contributed by atoms with van der Waals surface area (Å²) in [6, 6.07) is 6.61. The highest BCUT2D eigenvalue weighted by molar-refractivity contribution is 9.10. The smallest absolute Gasteiger partial charge is 0.258 e. The third-order valence-corrected chi connectivity index (χ3v) is 3.78. The van der Waals surface area contributed by atoms with Crippen molar-refractivity contribution in [1.82, 2.24) is 10.6 Å². The van der Waals surface area contributed by atoms with Gasteiger partial charge in [-0.15, -0.1) is 0 Å². The summed E-state index contributed by atoms with van der Waals surface area (Å²) in [6.07, 6.45) is 2.56. The fourth-order valence-corrected chi connectivity index (χ4v) is 2.35. The summed E-state index contributed by atoms with van der Waals surface area (Å²) in [5, 5.41) is 6.17. The first-order chi connectivity index (χ1) is 10.2. The molecule has 0 unspecified atom stereocenters. The van der Waals surface area contributed by atoms with Gasteiger partial charge in [0.25, 0.3) is 5.91 Å². The Morgan fingerprint density at radius 2 is 2.24 bits per heavy atom. The van der Waals surface area contributed by atoms with Gasteiger partial charge in [-0.05, 0) is 46.5 Å². The van der Waals surface area contributed by atoms with Gasteiger partial charge in [0.1, 0.15) is 5.75 Å². The summed E-state index contributed by atoms with van der Waals surface area (Å²) in [4.78, 5) is 11.5. The van der Waals surface area contributed by atoms with Crippen molar-refractivity contribution in [1.29, 1.82) is 0 Å². The second kappa shape index (κ2) is 8.36. The molecule has 0 bridgehead atoms. The molecule has 1 saturated carbocycles. The summed E-state index contributed by atoms with van der Waals surface area (Å²) >= 11 is 3.48. The van der Waals surface area contributed by atoms with Crippen molar-refractivity contribution in [3.63, 3.8) is 0 Å². The van der Waals surface area contributed by atoms with Gasteiger partial charge in [-0.3, -0.25) is 4.79 Å². The van der Waals surface area contributed by atoms with E-state index in [1.54, 1.807) is 7.11 Å². The van der Waals surface area contributed by atoms with Crippen LogP contribution in [0.3, 0.4) is 0 Å². The number of nitrogens with one attached hydrogen (secondary N) is 2. The van der Waals surface area contributed by atoms with Crippen molar-refractivity contribution < 1.29 is 14.3 Å². The fraction of sp³-hybridized carbons (Fsp3) is 0.533. The maximum Gasteiger partial charge on any atom is 0.258 e. The second-order valence-corrected chi connectivity index (χ2v) is 5.91. The monoisotopic (exact) mass is 356 g/mol. The Hall–Kier alpha value is -1.11. The van der Waals surface area contributed by atoms with E-state index in [0.29, 0.717) is 24.9 Å². The number of amides is 1. The van der Waals surface area contributed by atoms with Crippen LogP contribution in [0, 0.1) is 0 Å². The van der Waals surface area contributed by atoms with Crippen molar-refractivity contribution in [3.05, 3.63) is 28.2 Å². The van der Waals surface area contributed by atoms with Crippen molar-refractivity contribution >= 4 is 21.8 Å². The minimum atomic E-state index is -0.154. The Labute approximate surface area is 133 Å². The van der Waals surface area contributed by atoms with Gasteiger partial charge in [-0.1, -0.05) is 6.07 Å². The molecule has 116 valence electrons. The summed E-state index contributed by atoms with van der Waals surface area (Å²) in [7, 11) is 1.60. The molecule has 21 heavy (non-hydrogen) atoms. The van der Waals surface area contributed by atoms with Crippen molar-refractivity contribution in [2.45, 2.75) is 25.4 Å². The lowest BCUT2D eigenvalue weighted by atomic mass is 10.2. The van der Waals surface area contributed by atoms with Crippen LogP contribution in [0.2, 0.25) is 0 Å². The van der Waals surface area contributed by atoms with E-state index in [9.17, 15) is 4.79 Å². The van der Waals surface area contributed by atoms with E-state index >= 15 is 0 Å². The Balaban J connectivity index is 1.75. The lowest BCUT2D eigenvalue weighted by Gasteiger charge is -2.10. The van der Waals surface area contributed by atoms with Crippen molar-refractivity contribution in [3.8, 4) is 5.75 Å². The Kier molecular flexibility index (Phi) is 6.48. The third kappa shape index (κ3) is 6.03. The summed E-state index contributed by atoms with van der Waals surface area (Å²) in [6.45, 7) is 1.85. The highest BCUT2D eigenvalue weighted by Gasteiger charge is 2.20. The normalized spacial score (nSPS) is 14.0. The number of hydrogen-bond acceptors (Lipinski definition) is 4. The summed E-state index contributed by atoms with van der Waals surface area (Å²) < 4.78 is 11.2. The molecule has 0 spiro atoms. The van der Waals surface area contributed by atoms with Crippen LogP contribution >= 0.6 is 15.9 Å². The standard InChI is InChI=1S/C15H21BrN2O3/c1-20-7-6-17-15(19)10-21-14-5-2-11(8-13(14)16)9-18-12-3-4-12/h2,5,8,12,18H,3-4,6-7,9-10H2,1H3,(H,17,19). The lowest BCUT2D eigenvalue weighted by Crippen LogP contribution is -2.31. The summed E-state index contributed by atoms with van der Waals surface area (Å²) in [5.41, 5.74) is 1.20. The molecule has 0 saturated heterocycles. The SMILES string of the molecule is COCCNC(=O)COc1ccc(CNC2CC2)cc1Br. The first kappa shape index (κ1) is 16.3. The molecule has 1 aliphatic rings. The second-order valence-electron chi connectivity index (χ2n) is 5.05. The first-order valence-corrected chi connectivity index (χ1v) is 7.88. The quantitative estimate of drug-likeness (QED) is 0.663. The first-order valence-electron chi connectivity index (χ1n) is 7.09. The molecule has 0 aromatic heterocycles. The molecule has 1 aliphatic carbocycles. The van der Waals surface area contributed by atoms with E-state index in [0.717, 1.165) is 11.0 Å². The zero-order valence-corrected chi connectivity index (χ0v) is 13.7. The zero-order chi connectivity index (χ0) is 15.1. The number of halogens is 1. The maximum absolute atomic E-state index is 11.5. The van der Waals surface area contributed by atoms with Crippen LogP contribution in [0.15, 0.2) is 22.7 Å². The largest absolute Gasteiger partial charge is 0.483 e. The number of carbonyl (C=O) groups excluding carboxylic acids is 1. The van der Waals surface area contributed by atoms with Crippen LogP contribution in [-0.4, -0.2) is 38.8 Å². The molecule has 1 amide bonds. The molecule has 2 rings (SSSR count). The van der Waals surface area contributed by atoms with E-state index in [1.807, 2.05) is 18.2 Å². The van der Waals surface area contributed by atoms with E-state index in [-0.39, 0.29) is 12.5 Å². The predicted molar refractivity (Wildman–Crippen MR) is 84.4 cm³/mol. The molecular formula is C15H21BrN2O3. The molecule has 1 fully saturated rings. The lowest BCUT2D eigenvalue weighted by molar-refractivity contribution is -0.123. The fourth-order valence-electron chi connectivity index (χ4n) is 1.81. The number of benzene rings is 1. The Morgan fingerprint density at radius 1 is 1.43 bits per heavy atom. The number of hydrogen-bond donors (Lipinski definition) is 2. The number of carbonyl (C=O) groups is 1. The number of ether oxygens (including phenoxy) is 2. The maximum atomic E-state index is 11.5. The van der Waals surface area contributed by atoms with Crippen molar-refractivity contribution in [2.24, 2.45) is 0 Å². The number of rotatable bonds is 9. The topological polar surface area (TPSA) is 59.6 Å². The molecule has 0 atom stereocenters. The summed E-state index contributed by atoms with van der Waals surface area (Å²) in [5.74, 6) is 0.519. The van der Waals surface area contributed by atoms with E-state index in [1.165, 1.54) is 18.4 Å². The molecule has 1 aromatic rings. The van der Waals surface area contributed by atoms with Gasteiger partial charge < -0.3 is 20.1 Å². The Morgan fingerprint density at radius 3 is 2.90 bits per heavy atom. The van der Waals surface area contributed by atoms with Crippen LogP contribution in [0.4, 0.5) is 0 Å². The average molecular weight is 357 g/mol. The van der Waals surface area contributed by atoms with Gasteiger partial charge in [0, 0.05) is 26.2 Å². The number of methoxy groups -OCH3 is 1. The molecule has 2 N–H and O–H groups in total. The van der Waals surface area contributed by atoms with E-state index in [4.69, 9.17) is 9.47 Å². The van der Waals surface area contributed by atoms with Gasteiger partial charge >= 0.3 is 0 Å². The molecule has 0 radical (unpaired) electrons. The van der Waals surface area contributed by atoms with E-state index < -0.39 is 0 Å². The van der Waals surface area contributed by atoms with Gasteiger partial charge in [0.05, 0.1) is 11.1 Å². The van der Waals surface area contributed by atoms with Crippen LogP contribution in [-0.2, 0) is 16.1 Å². The Bertz CT molecular complexity index is 478. The van der Waals surface area contributed by atoms with Gasteiger partial charge in [-0.25, -0.2) is 0 Å². The molecule has 0 aliphatic heterocycles. The predicted octanol–water partition coefficient (Wildman–Crippen LogP) is 1.84. The highest BCUT2D eigenvalue weighted by atomic mass is 79.9. The van der Waals surface area contributed by atoms with Gasteiger partial charge in [-0.2, -0.15) is 0 Å². The minimum absolute atomic E-state index is 0.00197. The molecule has 1 aromatic carbocycles. The molecule has 5 nitrogen and oxygen atoms in total. The van der Waals surface area contributed by atoms with Crippen LogP contribution in [0.25, 0.3) is 0 Å². The minimum Gasteiger partial charge on any atom is -0.483 e. The average Bonchev–Trinajstić information content (AvgIpc) is 3.28. The van der Waals surface area contributed by atoms with Gasteiger partial charge in [0.15, 0.2) is 6.61 Å². The molecule has 6 heteroatoms. The van der Waals surface area contributed by atoms with Crippen LogP contribution in [0.1, 0.15) is 18.4 Å². The van der Waals surface area contributed by atoms with Gasteiger partial charge in [0.2, 0.25) is 0 Å². The van der Waals surface area contributed by atoms with Crippen LogP contribution in [0.5, 0.6) is 5.75 Å². The zero-order valence-electron chi connectivity index (χ0n) is 12.2. The van der Waals surface area contributed by atoms with Crippen LogP contribution < -0.4 is 15.4 Å². The molecule has 0 heterocycles. The highest BCUT2D eigenvalue weighted by Crippen LogP contribution is 2.26. The third-order valence-electron chi connectivity index (χ3n) is 3.16. The van der Waals surface area contributed by atoms with E-state index in [2.05, 4.69) is 26.6 Å². The molecular weight excluding hydrogens is 336 g/mol. The van der Waals surface area contributed by atoms with Crippen molar-refractivity contribution in [2.75, 3.05) is 26.9 Å².